The van der Waals surface area contributed by atoms with Gasteiger partial charge in [-0.3, -0.25) is 4.68 Å². The van der Waals surface area contributed by atoms with E-state index in [4.69, 9.17) is 4.74 Å². The first-order valence-corrected chi connectivity index (χ1v) is 11.9. The third-order valence-electron chi connectivity index (χ3n) is 6.59. The van der Waals surface area contributed by atoms with Crippen LogP contribution in [0.2, 0.25) is 0 Å². The lowest BCUT2D eigenvalue weighted by molar-refractivity contribution is 0.0836. The number of ether oxygens (including phenoxy) is 1. The van der Waals surface area contributed by atoms with Gasteiger partial charge in [0.05, 0.1) is 11.4 Å². The van der Waals surface area contributed by atoms with Crippen molar-refractivity contribution in [2.24, 2.45) is 7.05 Å². The average molecular weight is 479 g/mol. The quantitative estimate of drug-likeness (QED) is 0.404. The lowest BCUT2D eigenvalue weighted by Crippen LogP contribution is -2.17. The Morgan fingerprint density at radius 1 is 0.886 bits per heavy atom. The topological polar surface area (TPSA) is 78.6 Å². The number of rotatable bonds is 3. The molecule has 2 fully saturated rings. The molecule has 182 valence electrons. The van der Waals surface area contributed by atoms with E-state index < -0.39 is 11.6 Å². The van der Waals surface area contributed by atoms with Crippen molar-refractivity contribution in [1.29, 1.82) is 0 Å². The van der Waals surface area contributed by atoms with Crippen molar-refractivity contribution in [1.82, 2.24) is 29.7 Å². The molecule has 1 aliphatic carbocycles. The van der Waals surface area contributed by atoms with E-state index in [1.807, 2.05) is 31.8 Å². The number of aromatic nitrogens is 6. The van der Waals surface area contributed by atoms with Gasteiger partial charge in [-0.15, -0.1) is 0 Å². The number of fused-ring (bicyclic) bond motifs is 1. The van der Waals surface area contributed by atoms with Crippen molar-refractivity contribution < 1.29 is 13.5 Å². The molecule has 4 heterocycles. The molecule has 0 bridgehead atoms. The van der Waals surface area contributed by atoms with Gasteiger partial charge in [-0.2, -0.15) is 5.10 Å². The van der Waals surface area contributed by atoms with Crippen LogP contribution in [0.15, 0.2) is 30.5 Å². The van der Waals surface area contributed by atoms with E-state index in [1.165, 1.54) is 30.7 Å². The van der Waals surface area contributed by atoms with E-state index in [2.05, 4.69) is 31.1 Å². The number of halogens is 2. The summed E-state index contributed by atoms with van der Waals surface area (Å²) in [4.78, 5) is 18.3. The van der Waals surface area contributed by atoms with Crippen LogP contribution in [0.25, 0.3) is 22.4 Å². The number of hydrogen-bond donors (Lipinski definition) is 0. The minimum atomic E-state index is -0.678. The fourth-order valence-corrected chi connectivity index (χ4v) is 4.30. The second-order valence-electron chi connectivity index (χ2n) is 9.16. The first-order chi connectivity index (χ1) is 16.9. The maximum absolute atomic E-state index is 14.4. The molecule has 1 aromatic carbocycles. The standard InChI is InChI=1S/C19H18F2N4O.C7H10N2/c1-10-11(2)23-19-17(22-10)16(14-4-3-13(20)9-15(14)21)24-18(25-19)12-5-7-26-8-6-12;1-9-7(4-5-8-9)6-2-3-6/h3-4,9,12H,5-8H2,1-2H3;4-6H,2-3H2,1H3. The van der Waals surface area contributed by atoms with Crippen molar-refractivity contribution >= 4 is 11.2 Å². The van der Waals surface area contributed by atoms with Crippen molar-refractivity contribution in [2.45, 2.75) is 51.4 Å². The normalized spacial score (nSPS) is 16.3. The lowest BCUT2D eigenvalue weighted by Gasteiger charge is -2.21. The van der Waals surface area contributed by atoms with Crippen molar-refractivity contribution in [3.63, 3.8) is 0 Å². The molecule has 7 nitrogen and oxygen atoms in total. The minimum Gasteiger partial charge on any atom is -0.381 e. The molecular formula is C26H28F2N6O. The van der Waals surface area contributed by atoms with Gasteiger partial charge in [0.1, 0.15) is 28.7 Å². The zero-order valence-corrected chi connectivity index (χ0v) is 20.1. The lowest BCUT2D eigenvalue weighted by atomic mass is 9.99. The molecular weight excluding hydrogens is 450 g/mol. The van der Waals surface area contributed by atoms with E-state index in [1.54, 1.807) is 0 Å². The van der Waals surface area contributed by atoms with Crippen molar-refractivity contribution in [2.75, 3.05) is 13.2 Å². The van der Waals surface area contributed by atoms with Gasteiger partial charge in [0.15, 0.2) is 5.65 Å². The molecule has 0 N–H and O–H groups in total. The Kier molecular flexibility index (Phi) is 6.51. The molecule has 1 saturated heterocycles. The summed E-state index contributed by atoms with van der Waals surface area (Å²) in [6, 6.07) is 5.57. The highest BCUT2D eigenvalue weighted by Crippen LogP contribution is 2.39. The van der Waals surface area contributed by atoms with Gasteiger partial charge in [-0.1, -0.05) is 0 Å². The Labute approximate surface area is 202 Å². The Morgan fingerprint density at radius 2 is 1.63 bits per heavy atom. The van der Waals surface area contributed by atoms with Gasteiger partial charge < -0.3 is 4.74 Å². The molecule has 0 amide bonds. The summed E-state index contributed by atoms with van der Waals surface area (Å²) in [6.07, 6.45) is 6.19. The summed E-state index contributed by atoms with van der Waals surface area (Å²) in [5, 5.41) is 4.09. The zero-order valence-electron chi connectivity index (χ0n) is 20.1. The third kappa shape index (κ3) is 5.05. The molecule has 4 aromatic rings. The number of hydrogen-bond acceptors (Lipinski definition) is 6. The Bertz CT molecular complexity index is 1360. The maximum atomic E-state index is 14.4. The fraction of sp³-hybridized carbons (Fsp3) is 0.423. The smallest absolute Gasteiger partial charge is 0.182 e. The largest absolute Gasteiger partial charge is 0.381 e. The van der Waals surface area contributed by atoms with E-state index in [0.717, 1.165) is 36.2 Å². The first-order valence-electron chi connectivity index (χ1n) is 11.9. The van der Waals surface area contributed by atoms with E-state index in [0.29, 0.717) is 35.9 Å². The molecule has 1 aliphatic heterocycles. The van der Waals surface area contributed by atoms with Crippen molar-refractivity contribution in [3.05, 3.63) is 65.0 Å². The van der Waals surface area contributed by atoms with Gasteiger partial charge in [-0.25, -0.2) is 28.7 Å². The molecule has 6 rings (SSSR count). The molecule has 3 aromatic heterocycles. The first kappa shape index (κ1) is 23.4. The maximum Gasteiger partial charge on any atom is 0.182 e. The fourth-order valence-electron chi connectivity index (χ4n) is 4.30. The van der Waals surface area contributed by atoms with Crippen LogP contribution in [0.1, 0.15) is 60.4 Å². The number of benzene rings is 1. The van der Waals surface area contributed by atoms with Crippen LogP contribution >= 0.6 is 0 Å². The van der Waals surface area contributed by atoms with Crippen molar-refractivity contribution in [3.8, 4) is 11.3 Å². The molecule has 0 atom stereocenters. The van der Waals surface area contributed by atoms with Gasteiger partial charge in [0.2, 0.25) is 0 Å². The Hall–Kier alpha value is -3.33. The summed E-state index contributed by atoms with van der Waals surface area (Å²) in [5.74, 6) is 0.253. The predicted molar refractivity (Wildman–Crippen MR) is 128 cm³/mol. The monoisotopic (exact) mass is 478 g/mol. The molecule has 0 spiro atoms. The van der Waals surface area contributed by atoms with Crippen LogP contribution in [0.3, 0.4) is 0 Å². The van der Waals surface area contributed by atoms with Crippen LogP contribution in [0.5, 0.6) is 0 Å². The summed E-state index contributed by atoms with van der Waals surface area (Å²) in [7, 11) is 2.01. The molecule has 2 aliphatic rings. The van der Waals surface area contributed by atoms with E-state index in [-0.39, 0.29) is 11.5 Å². The van der Waals surface area contributed by atoms with Gasteiger partial charge >= 0.3 is 0 Å². The highest BCUT2D eigenvalue weighted by Gasteiger charge is 2.26. The van der Waals surface area contributed by atoms with Gasteiger partial charge in [0.25, 0.3) is 0 Å². The molecule has 0 unspecified atom stereocenters. The van der Waals surface area contributed by atoms with Crippen LogP contribution in [-0.4, -0.2) is 42.9 Å². The summed E-state index contributed by atoms with van der Waals surface area (Å²) >= 11 is 0. The second-order valence-corrected chi connectivity index (χ2v) is 9.16. The summed E-state index contributed by atoms with van der Waals surface area (Å²) < 4.78 is 35.2. The number of nitrogens with zero attached hydrogens (tertiary/aromatic N) is 6. The molecule has 1 saturated carbocycles. The van der Waals surface area contributed by atoms with Gasteiger partial charge in [-0.05, 0) is 57.7 Å². The number of aryl methyl sites for hydroxylation is 3. The van der Waals surface area contributed by atoms with Gasteiger partial charge in [0, 0.05) is 55.6 Å². The summed E-state index contributed by atoms with van der Waals surface area (Å²) in [6.45, 7) is 4.98. The Morgan fingerprint density at radius 3 is 2.29 bits per heavy atom. The summed E-state index contributed by atoms with van der Waals surface area (Å²) in [5.41, 5.74) is 4.30. The molecule has 0 radical (unpaired) electrons. The molecule has 35 heavy (non-hydrogen) atoms. The average Bonchev–Trinajstić information content (AvgIpc) is 3.60. The zero-order chi connectivity index (χ0) is 24.5. The SMILES string of the molecule is Cc1nc2nc(C3CCOCC3)nc(-c3ccc(F)cc3F)c2nc1C.Cn1nccc1C1CC1. The highest BCUT2D eigenvalue weighted by molar-refractivity contribution is 5.87. The van der Waals surface area contributed by atoms with Crippen LogP contribution in [-0.2, 0) is 11.8 Å². The second kappa shape index (κ2) is 9.73. The highest BCUT2D eigenvalue weighted by atomic mass is 19.1. The third-order valence-corrected chi connectivity index (χ3v) is 6.59. The predicted octanol–water partition coefficient (Wildman–Crippen LogP) is 5.17. The Balaban J connectivity index is 0.000000234. The minimum absolute atomic E-state index is 0.124. The van der Waals surface area contributed by atoms with E-state index >= 15 is 0 Å². The van der Waals surface area contributed by atoms with Crippen LogP contribution < -0.4 is 0 Å². The van der Waals surface area contributed by atoms with E-state index in [9.17, 15) is 8.78 Å². The van der Waals surface area contributed by atoms with Crippen LogP contribution in [0, 0.1) is 25.5 Å². The van der Waals surface area contributed by atoms with Crippen LogP contribution in [0.4, 0.5) is 8.78 Å². The molecule has 9 heteroatoms.